The van der Waals surface area contributed by atoms with Crippen LogP contribution in [0, 0.1) is 5.92 Å². The van der Waals surface area contributed by atoms with Gasteiger partial charge in [-0.2, -0.15) is 11.3 Å². The van der Waals surface area contributed by atoms with Crippen LogP contribution in [-0.2, 0) is 6.42 Å². The van der Waals surface area contributed by atoms with Crippen LogP contribution in [0.25, 0.3) is 0 Å². The molecule has 1 atom stereocenters. The minimum atomic E-state index is -0.518. The number of likely N-dealkylation sites (tertiary alicyclic amines) is 2. The van der Waals surface area contributed by atoms with Gasteiger partial charge in [-0.3, -0.25) is 4.79 Å². The number of aryl methyl sites for hydroxylation is 1. The molecule has 2 aromatic carbocycles. The number of piperidine rings is 1. The van der Waals surface area contributed by atoms with Crippen LogP contribution in [0.2, 0.25) is 5.02 Å². The van der Waals surface area contributed by atoms with Gasteiger partial charge in [-0.05, 0) is 79.0 Å². The number of hydrogen-bond donors (Lipinski definition) is 1. The summed E-state index contributed by atoms with van der Waals surface area (Å²) in [6.45, 7) is 4.52. The number of rotatable bonds is 7. The predicted octanol–water partition coefficient (Wildman–Crippen LogP) is 6.40. The Kier molecular flexibility index (Phi) is 9.99. The van der Waals surface area contributed by atoms with Gasteiger partial charge in [0.15, 0.2) is 0 Å². The normalized spacial score (nSPS) is 19.5. The highest BCUT2D eigenvalue weighted by molar-refractivity contribution is 7.07. The lowest BCUT2D eigenvalue weighted by atomic mass is 9.85. The molecular formula is C30H37ClN2O2S. The average Bonchev–Trinajstić information content (AvgIpc) is 3.62. The standard InChI is InChI=1S/C26H33ClN2O2.C4H4S/c27-24-10-4-9-23(18-24)25(30)29-15-11-22(20-29)19-28-16-13-26(31,14-17-28)12-5-8-21-6-2-1-3-7-21;1-2-4-5-3-1/h1-4,6-7,9-10,18,22,31H,5,8,11-17,19-20H2;1-4H/t22-;/m1./s1. The number of aliphatic hydroxyl groups is 1. The fraction of sp³-hybridized carbons (Fsp3) is 0.433. The summed E-state index contributed by atoms with van der Waals surface area (Å²) in [4.78, 5) is 17.2. The molecule has 192 valence electrons. The van der Waals surface area contributed by atoms with Crippen molar-refractivity contribution < 1.29 is 9.90 Å². The second-order valence-electron chi connectivity index (χ2n) is 10.1. The molecule has 0 spiro atoms. The summed E-state index contributed by atoms with van der Waals surface area (Å²) in [5.74, 6) is 0.587. The van der Waals surface area contributed by atoms with Crippen molar-refractivity contribution in [2.75, 3.05) is 32.7 Å². The van der Waals surface area contributed by atoms with Crippen LogP contribution in [-0.4, -0.2) is 59.1 Å². The van der Waals surface area contributed by atoms with Crippen LogP contribution in [0.3, 0.4) is 0 Å². The number of nitrogens with zero attached hydrogens (tertiary/aromatic N) is 2. The molecule has 3 heterocycles. The number of carbonyl (C=O) groups is 1. The van der Waals surface area contributed by atoms with Gasteiger partial charge in [-0.25, -0.2) is 0 Å². The smallest absolute Gasteiger partial charge is 0.253 e. The first-order chi connectivity index (χ1) is 17.5. The van der Waals surface area contributed by atoms with Gasteiger partial charge >= 0.3 is 0 Å². The number of benzene rings is 2. The van der Waals surface area contributed by atoms with E-state index in [1.165, 1.54) is 5.56 Å². The van der Waals surface area contributed by atoms with Gasteiger partial charge in [0.2, 0.25) is 0 Å². The van der Waals surface area contributed by atoms with Gasteiger partial charge < -0.3 is 14.9 Å². The van der Waals surface area contributed by atoms with Crippen LogP contribution in [0.15, 0.2) is 77.5 Å². The van der Waals surface area contributed by atoms with Gasteiger partial charge in [0, 0.05) is 43.3 Å². The molecule has 2 aliphatic heterocycles. The maximum atomic E-state index is 12.7. The van der Waals surface area contributed by atoms with E-state index in [-0.39, 0.29) is 5.91 Å². The molecule has 3 aromatic rings. The highest BCUT2D eigenvalue weighted by atomic mass is 35.5. The summed E-state index contributed by atoms with van der Waals surface area (Å²) < 4.78 is 0. The Morgan fingerprint density at radius 2 is 1.75 bits per heavy atom. The van der Waals surface area contributed by atoms with Crippen molar-refractivity contribution >= 4 is 28.8 Å². The molecule has 6 heteroatoms. The minimum Gasteiger partial charge on any atom is -0.390 e. The van der Waals surface area contributed by atoms with Crippen LogP contribution in [0.4, 0.5) is 0 Å². The Morgan fingerprint density at radius 1 is 1.00 bits per heavy atom. The fourth-order valence-corrected chi connectivity index (χ4v) is 5.87. The molecule has 0 bridgehead atoms. The summed E-state index contributed by atoms with van der Waals surface area (Å²) >= 11 is 7.75. The molecule has 2 fully saturated rings. The number of carbonyl (C=O) groups excluding carboxylic acids is 1. The summed E-state index contributed by atoms with van der Waals surface area (Å²) in [5.41, 5.74) is 1.50. The number of thiophene rings is 1. The summed E-state index contributed by atoms with van der Waals surface area (Å²) in [5, 5.41) is 15.7. The third-order valence-corrected chi connectivity index (χ3v) is 8.19. The number of halogens is 1. The van der Waals surface area contributed by atoms with Crippen molar-refractivity contribution in [1.82, 2.24) is 9.80 Å². The van der Waals surface area contributed by atoms with Crippen molar-refractivity contribution in [2.24, 2.45) is 5.92 Å². The molecule has 0 radical (unpaired) electrons. The van der Waals surface area contributed by atoms with Crippen molar-refractivity contribution in [3.8, 4) is 0 Å². The summed E-state index contributed by atoms with van der Waals surface area (Å²) in [6, 6.07) is 21.8. The SMILES string of the molecule is O=C(c1cccc(Cl)c1)N1CC[C@H](CN2CCC(O)(CCCc3ccccc3)CC2)C1.c1ccsc1. The van der Waals surface area contributed by atoms with E-state index in [1.54, 1.807) is 23.5 Å². The molecular weight excluding hydrogens is 488 g/mol. The molecule has 0 unspecified atom stereocenters. The first-order valence-corrected chi connectivity index (χ1v) is 14.3. The van der Waals surface area contributed by atoms with Crippen molar-refractivity contribution in [1.29, 1.82) is 0 Å². The number of amides is 1. The first-order valence-electron chi connectivity index (χ1n) is 13.0. The van der Waals surface area contributed by atoms with Crippen LogP contribution < -0.4 is 0 Å². The third-order valence-electron chi connectivity index (χ3n) is 7.32. The lowest BCUT2D eigenvalue weighted by molar-refractivity contribution is -0.0312. The minimum absolute atomic E-state index is 0.0800. The van der Waals surface area contributed by atoms with E-state index < -0.39 is 5.60 Å². The molecule has 0 aliphatic carbocycles. The Balaban J connectivity index is 0.000000543. The summed E-state index contributed by atoms with van der Waals surface area (Å²) in [6.07, 6.45) is 5.68. The third kappa shape index (κ3) is 8.17. The molecule has 36 heavy (non-hydrogen) atoms. The molecule has 1 amide bonds. The lowest BCUT2D eigenvalue weighted by Crippen LogP contribution is -2.46. The highest BCUT2D eigenvalue weighted by Gasteiger charge is 2.34. The second kappa shape index (κ2) is 13.4. The highest BCUT2D eigenvalue weighted by Crippen LogP contribution is 2.29. The maximum absolute atomic E-state index is 12.7. The number of hydrogen-bond acceptors (Lipinski definition) is 4. The average molecular weight is 525 g/mol. The van der Waals surface area contributed by atoms with Crippen molar-refractivity contribution in [3.63, 3.8) is 0 Å². The van der Waals surface area contributed by atoms with E-state index in [0.717, 1.165) is 71.2 Å². The lowest BCUT2D eigenvalue weighted by Gasteiger charge is -2.39. The predicted molar refractivity (Wildman–Crippen MR) is 150 cm³/mol. The van der Waals surface area contributed by atoms with E-state index >= 15 is 0 Å². The van der Waals surface area contributed by atoms with E-state index in [1.807, 2.05) is 46.0 Å². The molecule has 5 rings (SSSR count). The van der Waals surface area contributed by atoms with Gasteiger partial charge in [0.05, 0.1) is 5.60 Å². The van der Waals surface area contributed by atoms with E-state index in [4.69, 9.17) is 11.6 Å². The Morgan fingerprint density at radius 3 is 2.42 bits per heavy atom. The molecule has 0 saturated carbocycles. The quantitative estimate of drug-likeness (QED) is 0.389. The largest absolute Gasteiger partial charge is 0.390 e. The van der Waals surface area contributed by atoms with Crippen molar-refractivity contribution in [3.05, 3.63) is 93.6 Å². The zero-order valence-corrected chi connectivity index (χ0v) is 22.5. The molecule has 2 saturated heterocycles. The van der Waals surface area contributed by atoms with Crippen LogP contribution in [0.1, 0.15) is 48.0 Å². The van der Waals surface area contributed by atoms with Crippen LogP contribution >= 0.6 is 22.9 Å². The van der Waals surface area contributed by atoms with Gasteiger partial charge in [0.25, 0.3) is 5.91 Å². The fourth-order valence-electron chi connectivity index (χ4n) is 5.23. The first kappa shape index (κ1) is 26.9. The van der Waals surface area contributed by atoms with Gasteiger partial charge in [0.1, 0.15) is 0 Å². The van der Waals surface area contributed by atoms with Crippen LogP contribution in [0.5, 0.6) is 0 Å². The molecule has 1 aromatic heterocycles. The molecule has 1 N–H and O–H groups in total. The van der Waals surface area contributed by atoms with Crippen molar-refractivity contribution in [2.45, 2.75) is 44.1 Å². The van der Waals surface area contributed by atoms with Gasteiger partial charge in [-0.1, -0.05) is 60.1 Å². The maximum Gasteiger partial charge on any atom is 0.253 e. The van der Waals surface area contributed by atoms with E-state index in [0.29, 0.717) is 16.5 Å². The Labute approximate surface area is 224 Å². The van der Waals surface area contributed by atoms with E-state index in [9.17, 15) is 9.90 Å². The Bertz CT molecular complexity index is 1030. The summed E-state index contributed by atoms with van der Waals surface area (Å²) in [7, 11) is 0. The zero-order valence-electron chi connectivity index (χ0n) is 20.9. The van der Waals surface area contributed by atoms with E-state index in [2.05, 4.69) is 29.2 Å². The van der Waals surface area contributed by atoms with Gasteiger partial charge in [-0.15, -0.1) is 0 Å². The second-order valence-corrected chi connectivity index (χ2v) is 11.3. The monoisotopic (exact) mass is 524 g/mol. The molecule has 2 aliphatic rings. The molecule has 4 nitrogen and oxygen atoms in total. The topological polar surface area (TPSA) is 43.8 Å². The zero-order chi connectivity index (χ0) is 25.2. The Hall–Kier alpha value is -2.18.